The third kappa shape index (κ3) is 2.86. The zero-order valence-corrected chi connectivity index (χ0v) is 15.1. The van der Waals surface area contributed by atoms with E-state index in [1.807, 2.05) is 25.1 Å². The zero-order valence-electron chi connectivity index (χ0n) is 14.2. The Morgan fingerprint density at radius 1 is 1.28 bits per heavy atom. The second-order valence-corrected chi connectivity index (χ2v) is 8.64. The Bertz CT molecular complexity index is 762. The largest absolute Gasteiger partial charge is 0.456 e. The van der Waals surface area contributed by atoms with Crippen molar-refractivity contribution in [3.05, 3.63) is 34.9 Å². The van der Waals surface area contributed by atoms with Crippen LogP contribution in [-0.4, -0.2) is 45.8 Å². The normalized spacial score (nSPS) is 27.3. The molecular weight excluding hydrogens is 338 g/mol. The summed E-state index contributed by atoms with van der Waals surface area (Å²) in [6.07, 6.45) is 4.44. The molecule has 2 fully saturated rings. The number of nitrogens with zero attached hydrogens (tertiary/aromatic N) is 1. The first-order valence-electron chi connectivity index (χ1n) is 8.76. The predicted octanol–water partition coefficient (Wildman–Crippen LogP) is 2.36. The molecule has 25 heavy (non-hydrogen) atoms. The summed E-state index contributed by atoms with van der Waals surface area (Å²) < 4.78 is 5.27. The van der Waals surface area contributed by atoms with Gasteiger partial charge in [-0.1, -0.05) is 12.1 Å². The zero-order chi connectivity index (χ0) is 17.6. The number of ether oxygens (including phenoxy) is 1. The molecule has 0 spiro atoms. The van der Waals surface area contributed by atoms with Gasteiger partial charge in [0.1, 0.15) is 6.04 Å². The van der Waals surface area contributed by atoms with Crippen molar-refractivity contribution in [1.82, 2.24) is 4.90 Å². The predicted molar refractivity (Wildman–Crippen MR) is 94.5 cm³/mol. The maximum Gasteiger partial charge on any atom is 0.330 e. The molecule has 0 aromatic heterocycles. The number of benzene rings is 1. The smallest absolute Gasteiger partial charge is 0.330 e. The van der Waals surface area contributed by atoms with Crippen LogP contribution in [0.1, 0.15) is 47.7 Å². The van der Waals surface area contributed by atoms with E-state index in [0.717, 1.165) is 25.7 Å². The summed E-state index contributed by atoms with van der Waals surface area (Å²) in [6, 6.07) is 5.16. The molecule has 0 saturated carbocycles. The molecule has 2 aliphatic heterocycles. The summed E-state index contributed by atoms with van der Waals surface area (Å²) in [5, 5.41) is 0. The van der Waals surface area contributed by atoms with Gasteiger partial charge in [0.15, 0.2) is 12.4 Å². The molecule has 0 unspecified atom stereocenters. The van der Waals surface area contributed by atoms with Crippen LogP contribution in [0, 0.1) is 0 Å². The summed E-state index contributed by atoms with van der Waals surface area (Å²) in [5.41, 5.74) is 3.13. The standard InChI is InChI=1S/C19H21NO4S/c1-19-8-7-17(22)20(19)15(11-25-19)18(23)24-10-16(21)14-6-5-12-3-2-4-13(12)9-14/h5-6,9,15H,2-4,7-8,10-11H2,1H3/t15-,19+/m1/s1. The summed E-state index contributed by atoms with van der Waals surface area (Å²) in [4.78, 5) is 38.2. The molecule has 2 heterocycles. The maximum absolute atomic E-state index is 12.4. The molecule has 2 saturated heterocycles. The highest BCUT2D eigenvalue weighted by Gasteiger charge is 2.53. The molecule has 0 radical (unpaired) electrons. The number of hydrogen-bond acceptors (Lipinski definition) is 5. The number of fused-ring (bicyclic) bond motifs is 2. The van der Waals surface area contributed by atoms with Crippen LogP contribution in [0.2, 0.25) is 0 Å². The van der Waals surface area contributed by atoms with Crippen LogP contribution in [0.5, 0.6) is 0 Å². The molecule has 0 bridgehead atoms. The quantitative estimate of drug-likeness (QED) is 0.610. The van der Waals surface area contributed by atoms with Gasteiger partial charge in [-0.2, -0.15) is 0 Å². The molecule has 1 aromatic carbocycles. The molecule has 6 heteroatoms. The summed E-state index contributed by atoms with van der Waals surface area (Å²) in [6.45, 7) is 1.73. The molecule has 5 nitrogen and oxygen atoms in total. The Labute approximate surface area is 151 Å². The number of thioether (sulfide) groups is 1. The van der Waals surface area contributed by atoms with Crippen LogP contribution < -0.4 is 0 Å². The molecule has 0 N–H and O–H groups in total. The van der Waals surface area contributed by atoms with E-state index in [4.69, 9.17) is 4.74 Å². The number of aryl methyl sites for hydroxylation is 2. The van der Waals surface area contributed by atoms with Gasteiger partial charge in [-0.25, -0.2) is 4.79 Å². The fourth-order valence-corrected chi connectivity index (χ4v) is 5.47. The summed E-state index contributed by atoms with van der Waals surface area (Å²) >= 11 is 1.62. The summed E-state index contributed by atoms with van der Waals surface area (Å²) in [7, 11) is 0. The Morgan fingerprint density at radius 3 is 2.92 bits per heavy atom. The van der Waals surface area contributed by atoms with E-state index in [0.29, 0.717) is 17.7 Å². The number of ketones is 1. The second kappa shape index (κ2) is 6.16. The minimum atomic E-state index is -0.571. The van der Waals surface area contributed by atoms with Gasteiger partial charge in [-0.15, -0.1) is 11.8 Å². The van der Waals surface area contributed by atoms with Crippen molar-refractivity contribution in [2.45, 2.75) is 49.9 Å². The van der Waals surface area contributed by atoms with Crippen molar-refractivity contribution in [1.29, 1.82) is 0 Å². The highest BCUT2D eigenvalue weighted by molar-refractivity contribution is 8.01. The van der Waals surface area contributed by atoms with Gasteiger partial charge < -0.3 is 9.64 Å². The fourth-order valence-electron chi connectivity index (χ4n) is 4.06. The SMILES string of the molecule is C[C@]12CCC(=O)N1[C@@H](C(=O)OCC(=O)c1ccc3c(c1)CCC3)CS2. The Kier molecular flexibility index (Phi) is 4.10. The lowest BCUT2D eigenvalue weighted by atomic mass is 10.0. The van der Waals surface area contributed by atoms with Crippen molar-refractivity contribution in [3.63, 3.8) is 0 Å². The van der Waals surface area contributed by atoms with E-state index in [1.165, 1.54) is 11.1 Å². The monoisotopic (exact) mass is 359 g/mol. The third-order valence-electron chi connectivity index (χ3n) is 5.48. The van der Waals surface area contributed by atoms with E-state index in [1.54, 1.807) is 16.7 Å². The van der Waals surface area contributed by atoms with Gasteiger partial charge in [0, 0.05) is 17.7 Å². The maximum atomic E-state index is 12.4. The lowest BCUT2D eigenvalue weighted by molar-refractivity contribution is -0.152. The lowest BCUT2D eigenvalue weighted by Crippen LogP contribution is -2.46. The first kappa shape index (κ1) is 16.6. The number of hydrogen-bond donors (Lipinski definition) is 0. The van der Waals surface area contributed by atoms with Gasteiger partial charge in [0.25, 0.3) is 0 Å². The van der Waals surface area contributed by atoms with Crippen molar-refractivity contribution in [3.8, 4) is 0 Å². The number of Topliss-reactive ketones (excluding diaryl/α,β-unsaturated/α-hetero) is 1. The van der Waals surface area contributed by atoms with E-state index >= 15 is 0 Å². The van der Waals surface area contributed by atoms with Crippen LogP contribution in [0.25, 0.3) is 0 Å². The first-order chi connectivity index (χ1) is 12.0. The lowest BCUT2D eigenvalue weighted by Gasteiger charge is -2.29. The first-order valence-corrected chi connectivity index (χ1v) is 9.74. The second-order valence-electron chi connectivity index (χ2n) is 7.13. The molecule has 4 rings (SSSR count). The minimum absolute atomic E-state index is 0.000557. The average molecular weight is 359 g/mol. The van der Waals surface area contributed by atoms with Crippen molar-refractivity contribution >= 4 is 29.4 Å². The Balaban J connectivity index is 1.39. The van der Waals surface area contributed by atoms with Gasteiger partial charge >= 0.3 is 5.97 Å². The van der Waals surface area contributed by atoms with Crippen LogP contribution in [0.4, 0.5) is 0 Å². The van der Waals surface area contributed by atoms with E-state index in [9.17, 15) is 14.4 Å². The number of carbonyl (C=O) groups excluding carboxylic acids is 3. The average Bonchev–Trinajstić information content (AvgIpc) is 3.27. The van der Waals surface area contributed by atoms with Gasteiger partial charge in [-0.3, -0.25) is 9.59 Å². The van der Waals surface area contributed by atoms with Crippen molar-refractivity contribution < 1.29 is 19.1 Å². The fraction of sp³-hybridized carbons (Fsp3) is 0.526. The molecule has 132 valence electrons. The summed E-state index contributed by atoms with van der Waals surface area (Å²) in [5.74, 6) is -0.127. The van der Waals surface area contributed by atoms with E-state index in [2.05, 4.69) is 0 Å². The number of carbonyl (C=O) groups is 3. The molecule has 2 atom stereocenters. The van der Waals surface area contributed by atoms with Crippen LogP contribution in [-0.2, 0) is 27.2 Å². The van der Waals surface area contributed by atoms with Crippen molar-refractivity contribution in [2.75, 3.05) is 12.4 Å². The number of amides is 1. The van der Waals surface area contributed by atoms with Gasteiger partial charge in [-0.05, 0) is 49.8 Å². The number of esters is 1. The third-order valence-corrected chi connectivity index (χ3v) is 6.99. The van der Waals surface area contributed by atoms with Crippen LogP contribution in [0.15, 0.2) is 18.2 Å². The molecule has 3 aliphatic rings. The topological polar surface area (TPSA) is 63.7 Å². The Hall–Kier alpha value is -1.82. The van der Waals surface area contributed by atoms with Gasteiger partial charge in [0.05, 0.1) is 4.87 Å². The Morgan fingerprint density at radius 2 is 2.08 bits per heavy atom. The highest BCUT2D eigenvalue weighted by atomic mass is 32.2. The highest BCUT2D eigenvalue weighted by Crippen LogP contribution is 2.47. The van der Waals surface area contributed by atoms with Crippen molar-refractivity contribution in [2.24, 2.45) is 0 Å². The minimum Gasteiger partial charge on any atom is -0.456 e. The molecule has 1 aromatic rings. The molecule has 1 amide bonds. The van der Waals surface area contributed by atoms with Crippen LogP contribution >= 0.6 is 11.8 Å². The van der Waals surface area contributed by atoms with E-state index < -0.39 is 12.0 Å². The van der Waals surface area contributed by atoms with Gasteiger partial charge in [0.2, 0.25) is 5.91 Å². The number of rotatable bonds is 4. The molecular formula is C19H21NO4S. The van der Waals surface area contributed by atoms with Crippen LogP contribution in [0.3, 0.4) is 0 Å². The van der Waals surface area contributed by atoms with E-state index in [-0.39, 0.29) is 23.2 Å². The molecule has 1 aliphatic carbocycles.